The third-order valence-electron chi connectivity index (χ3n) is 12.4. The quantitative estimate of drug-likeness (QED) is 0.0618. The monoisotopic (exact) mass is 818 g/mol. The lowest BCUT2D eigenvalue weighted by Crippen LogP contribution is -2.31. The number of unbranched alkanes of at least 4 members (excludes halogenated alkanes) is 2. The number of carbonyl (C=O) groups is 2. The van der Waals surface area contributed by atoms with Crippen molar-refractivity contribution in [1.82, 2.24) is 0 Å². The molecule has 2 N–H and O–H groups in total. The minimum atomic E-state index is -0.949. The van der Waals surface area contributed by atoms with Gasteiger partial charge in [0.1, 0.15) is 5.75 Å². The molecule has 1 atom stereocenters. The average molecular weight is 819 g/mol. The van der Waals surface area contributed by atoms with Crippen molar-refractivity contribution in [2.24, 2.45) is 23.2 Å². The van der Waals surface area contributed by atoms with Crippen LogP contribution < -0.4 is 4.74 Å². The molecule has 1 fully saturated rings. The van der Waals surface area contributed by atoms with Crippen molar-refractivity contribution in [3.05, 3.63) is 95.1 Å². The molecule has 2 aromatic rings. The maximum atomic E-state index is 16.3. The zero-order valence-corrected chi connectivity index (χ0v) is 36.0. The van der Waals surface area contributed by atoms with E-state index in [9.17, 15) is 19.8 Å². The van der Waals surface area contributed by atoms with Crippen LogP contribution in [-0.4, -0.2) is 55.2 Å². The zero-order valence-electron chi connectivity index (χ0n) is 36.0. The molecular formula is C50H68F2O7. The lowest BCUT2D eigenvalue weighted by atomic mass is 9.72. The molecule has 2 aliphatic carbocycles. The van der Waals surface area contributed by atoms with Crippen molar-refractivity contribution < 1.29 is 42.8 Å². The molecular weight excluding hydrogens is 751 g/mol. The summed E-state index contributed by atoms with van der Waals surface area (Å²) in [5, 5.41) is 20.1. The highest BCUT2D eigenvalue weighted by atomic mass is 19.2. The molecule has 324 valence electrons. The molecule has 0 spiro atoms. The van der Waals surface area contributed by atoms with E-state index in [4.69, 9.17) is 14.2 Å². The van der Waals surface area contributed by atoms with Gasteiger partial charge in [0.15, 0.2) is 11.6 Å². The van der Waals surface area contributed by atoms with Gasteiger partial charge in [-0.15, -0.1) is 0 Å². The van der Waals surface area contributed by atoms with E-state index in [0.29, 0.717) is 78.4 Å². The molecule has 4 rings (SSSR count). The maximum absolute atomic E-state index is 16.3. The molecule has 0 heterocycles. The number of halogens is 2. The van der Waals surface area contributed by atoms with Crippen molar-refractivity contribution in [3.8, 4) is 16.9 Å². The standard InChI is InChI=1S/C50H68F2O7/c1-7-9-10-13-36-16-18-37(19-17-36)38-20-22-39(23-21-38)43-24-25-44(46(52)45(43)51)42-30-40(14-11-27-58-48(55)34(3)4)47(57-29-26-50(8-2,32-53)33-54)41(31-42)15-12-28-59-49(56)35(5)6/h20,22-25,30-31,36-38,53-54H,3,5,7-19,21,26-29,32-33H2,1-2,4,6H3. The maximum Gasteiger partial charge on any atom is 0.333 e. The number of hydrogen-bond donors (Lipinski definition) is 2. The second-order valence-electron chi connectivity index (χ2n) is 16.9. The van der Waals surface area contributed by atoms with E-state index in [1.165, 1.54) is 51.4 Å². The van der Waals surface area contributed by atoms with Gasteiger partial charge >= 0.3 is 11.9 Å². The summed E-state index contributed by atoms with van der Waals surface area (Å²) in [6, 6.07) is 6.84. The van der Waals surface area contributed by atoms with E-state index in [0.717, 1.165) is 12.3 Å². The number of rotatable bonds is 24. The van der Waals surface area contributed by atoms with Gasteiger partial charge in [-0.2, -0.15) is 0 Å². The largest absolute Gasteiger partial charge is 0.493 e. The molecule has 0 saturated heterocycles. The van der Waals surface area contributed by atoms with E-state index in [1.54, 1.807) is 38.1 Å². The van der Waals surface area contributed by atoms with Gasteiger partial charge in [0.2, 0.25) is 0 Å². The van der Waals surface area contributed by atoms with Crippen LogP contribution in [0.4, 0.5) is 8.78 Å². The number of benzene rings is 2. The molecule has 1 unspecified atom stereocenters. The Morgan fingerprint density at radius 2 is 1.39 bits per heavy atom. The Balaban J connectivity index is 1.61. The zero-order chi connectivity index (χ0) is 43.0. The molecule has 2 aliphatic rings. The van der Waals surface area contributed by atoms with E-state index >= 15 is 8.78 Å². The number of allylic oxidation sites excluding steroid dienone is 4. The summed E-state index contributed by atoms with van der Waals surface area (Å²) in [6.07, 6.45) is 19.8. The lowest BCUT2D eigenvalue weighted by molar-refractivity contribution is -0.139. The molecule has 0 bridgehead atoms. The normalized spacial score (nSPS) is 18.0. The van der Waals surface area contributed by atoms with Gasteiger partial charge in [-0.1, -0.05) is 95.9 Å². The van der Waals surface area contributed by atoms with Gasteiger partial charge in [0.25, 0.3) is 0 Å². The summed E-state index contributed by atoms with van der Waals surface area (Å²) >= 11 is 0. The van der Waals surface area contributed by atoms with Crippen LogP contribution in [0.25, 0.3) is 16.7 Å². The van der Waals surface area contributed by atoms with Gasteiger partial charge in [-0.3, -0.25) is 0 Å². The van der Waals surface area contributed by atoms with Crippen LogP contribution in [0.15, 0.2) is 66.8 Å². The minimum Gasteiger partial charge on any atom is -0.493 e. The van der Waals surface area contributed by atoms with Gasteiger partial charge < -0.3 is 24.4 Å². The van der Waals surface area contributed by atoms with Crippen LogP contribution in [0.2, 0.25) is 0 Å². The van der Waals surface area contributed by atoms with Crippen molar-refractivity contribution in [3.63, 3.8) is 0 Å². The number of hydrogen-bond acceptors (Lipinski definition) is 7. The smallest absolute Gasteiger partial charge is 0.333 e. The van der Waals surface area contributed by atoms with Gasteiger partial charge in [0, 0.05) is 27.7 Å². The fourth-order valence-electron chi connectivity index (χ4n) is 8.32. The van der Waals surface area contributed by atoms with Crippen molar-refractivity contribution in [2.45, 2.75) is 124 Å². The SMILES string of the molecule is C=C(C)C(=O)OCCCc1cc(-c2ccc(C3=CCC(C4CCC(CCCCC)CC4)C=C3)c(F)c2F)cc(CCCOC(=O)C(=C)C)c1OCCC(CC)(CO)CO. The molecule has 0 radical (unpaired) electrons. The Kier molecular flexibility index (Phi) is 19.1. The van der Waals surface area contributed by atoms with Crippen LogP contribution >= 0.6 is 0 Å². The van der Waals surface area contributed by atoms with Gasteiger partial charge in [-0.25, -0.2) is 18.4 Å². The predicted molar refractivity (Wildman–Crippen MR) is 232 cm³/mol. The Hall–Kier alpha value is -4.08. The van der Waals surface area contributed by atoms with Crippen molar-refractivity contribution >= 4 is 17.5 Å². The topological polar surface area (TPSA) is 102 Å². The fourth-order valence-corrected chi connectivity index (χ4v) is 8.32. The third kappa shape index (κ3) is 13.5. The summed E-state index contributed by atoms with van der Waals surface area (Å²) in [5.41, 5.74) is 2.70. The van der Waals surface area contributed by atoms with Crippen LogP contribution in [-0.2, 0) is 31.9 Å². The van der Waals surface area contributed by atoms with Crippen LogP contribution in [0, 0.1) is 34.8 Å². The number of carbonyl (C=O) groups excluding carboxylic acids is 2. The summed E-state index contributed by atoms with van der Waals surface area (Å²) in [6.45, 7) is 14.5. The molecule has 0 amide bonds. The first-order chi connectivity index (χ1) is 28.4. The number of aliphatic hydroxyl groups is 2. The number of aliphatic hydroxyl groups excluding tert-OH is 2. The Morgan fingerprint density at radius 1 is 0.814 bits per heavy atom. The summed E-state index contributed by atoms with van der Waals surface area (Å²) in [4.78, 5) is 24.2. The van der Waals surface area contributed by atoms with E-state index in [1.807, 2.05) is 13.0 Å². The highest BCUT2D eigenvalue weighted by molar-refractivity contribution is 5.87. The van der Waals surface area contributed by atoms with Crippen molar-refractivity contribution in [1.29, 1.82) is 0 Å². The second kappa shape index (κ2) is 23.6. The Bertz CT molecular complexity index is 1730. The van der Waals surface area contributed by atoms with E-state index < -0.39 is 29.0 Å². The first-order valence-corrected chi connectivity index (χ1v) is 21.9. The first kappa shape index (κ1) is 47.6. The van der Waals surface area contributed by atoms with Crippen LogP contribution in [0.1, 0.15) is 128 Å². The van der Waals surface area contributed by atoms with Gasteiger partial charge in [-0.05, 0) is 124 Å². The number of aryl methyl sites for hydroxylation is 2. The highest BCUT2D eigenvalue weighted by Gasteiger charge is 2.29. The second-order valence-corrected chi connectivity index (χ2v) is 16.9. The van der Waals surface area contributed by atoms with Crippen molar-refractivity contribution in [2.75, 3.05) is 33.0 Å². The number of esters is 2. The minimum absolute atomic E-state index is 0.0993. The number of ether oxygens (including phenoxy) is 3. The third-order valence-corrected chi connectivity index (χ3v) is 12.4. The highest BCUT2D eigenvalue weighted by Crippen LogP contribution is 2.41. The van der Waals surface area contributed by atoms with Crippen LogP contribution in [0.3, 0.4) is 0 Å². The summed E-state index contributed by atoms with van der Waals surface area (Å²) < 4.78 is 49.7. The molecule has 0 aromatic heterocycles. The molecule has 59 heavy (non-hydrogen) atoms. The van der Waals surface area contributed by atoms with Crippen LogP contribution in [0.5, 0.6) is 5.75 Å². The average Bonchev–Trinajstić information content (AvgIpc) is 3.24. The molecule has 7 nitrogen and oxygen atoms in total. The molecule has 9 heteroatoms. The lowest BCUT2D eigenvalue weighted by Gasteiger charge is -2.33. The Labute approximate surface area is 351 Å². The summed E-state index contributed by atoms with van der Waals surface area (Å²) in [7, 11) is 0. The predicted octanol–water partition coefficient (Wildman–Crippen LogP) is 11.2. The molecule has 1 saturated carbocycles. The molecule has 2 aromatic carbocycles. The fraction of sp³-hybridized carbons (Fsp3) is 0.560. The van der Waals surface area contributed by atoms with E-state index in [2.05, 4.69) is 32.2 Å². The first-order valence-electron chi connectivity index (χ1n) is 21.9. The Morgan fingerprint density at radius 3 is 1.90 bits per heavy atom. The molecule has 0 aliphatic heterocycles. The van der Waals surface area contributed by atoms with E-state index in [-0.39, 0.29) is 55.3 Å². The summed E-state index contributed by atoms with van der Waals surface area (Å²) in [5.74, 6) is -0.446. The van der Waals surface area contributed by atoms with Gasteiger partial charge in [0.05, 0.1) is 33.0 Å².